The van der Waals surface area contributed by atoms with Crippen LogP contribution in [-0.2, 0) is 13.6 Å². The molecule has 2 aromatic heterocycles. The number of rotatable bonds is 2. The van der Waals surface area contributed by atoms with Crippen molar-refractivity contribution in [1.82, 2.24) is 9.78 Å². The highest BCUT2D eigenvalue weighted by molar-refractivity contribution is 5.59. The van der Waals surface area contributed by atoms with E-state index in [9.17, 15) is 0 Å². The molecule has 74 valence electrons. The molecular formula is C10H13N3O. The molecule has 0 fully saturated rings. The minimum absolute atomic E-state index is 0.427. The quantitative estimate of drug-likeness (QED) is 0.781. The van der Waals surface area contributed by atoms with Gasteiger partial charge in [-0.2, -0.15) is 5.10 Å². The van der Waals surface area contributed by atoms with E-state index in [2.05, 4.69) is 5.10 Å². The van der Waals surface area contributed by atoms with Crippen LogP contribution in [0.2, 0.25) is 0 Å². The van der Waals surface area contributed by atoms with Gasteiger partial charge in [-0.3, -0.25) is 4.68 Å². The SMILES string of the molecule is Cc1ccc(-c2cn(C)nc2CN)o1. The first-order valence-corrected chi connectivity index (χ1v) is 4.50. The fourth-order valence-electron chi connectivity index (χ4n) is 1.47. The molecule has 0 aliphatic heterocycles. The number of aromatic nitrogens is 2. The molecule has 0 saturated heterocycles. The van der Waals surface area contributed by atoms with Gasteiger partial charge in [0, 0.05) is 19.8 Å². The molecular weight excluding hydrogens is 178 g/mol. The molecule has 0 amide bonds. The fraction of sp³-hybridized carbons (Fsp3) is 0.300. The summed E-state index contributed by atoms with van der Waals surface area (Å²) in [5.74, 6) is 1.72. The summed E-state index contributed by atoms with van der Waals surface area (Å²) < 4.78 is 7.26. The molecule has 0 radical (unpaired) electrons. The van der Waals surface area contributed by atoms with E-state index in [4.69, 9.17) is 10.2 Å². The Morgan fingerprint density at radius 3 is 2.86 bits per heavy atom. The van der Waals surface area contributed by atoms with Gasteiger partial charge in [0.25, 0.3) is 0 Å². The molecule has 0 unspecified atom stereocenters. The zero-order valence-electron chi connectivity index (χ0n) is 8.32. The Bertz CT molecular complexity index is 442. The van der Waals surface area contributed by atoms with Crippen LogP contribution >= 0.6 is 0 Å². The van der Waals surface area contributed by atoms with Gasteiger partial charge in [0.1, 0.15) is 11.5 Å². The summed E-state index contributed by atoms with van der Waals surface area (Å²) in [6.07, 6.45) is 1.92. The van der Waals surface area contributed by atoms with Crippen LogP contribution in [0.15, 0.2) is 22.7 Å². The lowest BCUT2D eigenvalue weighted by atomic mass is 10.2. The molecule has 0 bridgehead atoms. The maximum atomic E-state index is 5.59. The van der Waals surface area contributed by atoms with E-state index in [1.54, 1.807) is 4.68 Å². The third-order valence-corrected chi connectivity index (χ3v) is 2.10. The topological polar surface area (TPSA) is 57.0 Å². The highest BCUT2D eigenvalue weighted by Gasteiger charge is 2.11. The highest BCUT2D eigenvalue weighted by atomic mass is 16.3. The van der Waals surface area contributed by atoms with Crippen molar-refractivity contribution in [2.75, 3.05) is 0 Å². The third kappa shape index (κ3) is 1.44. The zero-order valence-corrected chi connectivity index (χ0v) is 8.32. The van der Waals surface area contributed by atoms with E-state index < -0.39 is 0 Å². The zero-order chi connectivity index (χ0) is 10.1. The van der Waals surface area contributed by atoms with Gasteiger partial charge in [-0.15, -0.1) is 0 Å². The first kappa shape index (κ1) is 9.02. The smallest absolute Gasteiger partial charge is 0.137 e. The summed E-state index contributed by atoms with van der Waals surface area (Å²) in [6, 6.07) is 3.87. The van der Waals surface area contributed by atoms with Crippen LogP contribution in [0, 0.1) is 6.92 Å². The van der Waals surface area contributed by atoms with Crippen molar-refractivity contribution >= 4 is 0 Å². The summed E-state index contributed by atoms with van der Waals surface area (Å²) in [5.41, 5.74) is 7.43. The van der Waals surface area contributed by atoms with Crippen molar-refractivity contribution in [1.29, 1.82) is 0 Å². The van der Waals surface area contributed by atoms with Crippen LogP contribution in [-0.4, -0.2) is 9.78 Å². The minimum Gasteiger partial charge on any atom is -0.461 e. The lowest BCUT2D eigenvalue weighted by molar-refractivity contribution is 0.547. The summed E-state index contributed by atoms with van der Waals surface area (Å²) in [4.78, 5) is 0. The number of furan rings is 1. The van der Waals surface area contributed by atoms with Crippen LogP contribution in [0.5, 0.6) is 0 Å². The average Bonchev–Trinajstić information content (AvgIpc) is 2.71. The first-order valence-electron chi connectivity index (χ1n) is 4.50. The van der Waals surface area contributed by atoms with E-state index in [0.717, 1.165) is 22.8 Å². The molecule has 0 spiro atoms. The fourth-order valence-corrected chi connectivity index (χ4v) is 1.47. The molecule has 0 saturated carbocycles. The van der Waals surface area contributed by atoms with Crippen molar-refractivity contribution in [3.8, 4) is 11.3 Å². The van der Waals surface area contributed by atoms with E-state index >= 15 is 0 Å². The molecule has 4 heteroatoms. The van der Waals surface area contributed by atoms with Gasteiger partial charge in [-0.05, 0) is 19.1 Å². The van der Waals surface area contributed by atoms with Crippen molar-refractivity contribution in [2.45, 2.75) is 13.5 Å². The molecule has 2 aromatic rings. The molecule has 2 rings (SSSR count). The summed E-state index contributed by atoms with van der Waals surface area (Å²) in [5, 5.41) is 4.25. The molecule has 14 heavy (non-hydrogen) atoms. The van der Waals surface area contributed by atoms with Crippen molar-refractivity contribution in [2.24, 2.45) is 12.8 Å². The third-order valence-electron chi connectivity index (χ3n) is 2.10. The standard InChI is InChI=1S/C10H13N3O/c1-7-3-4-10(14-7)8-6-13(2)12-9(8)5-11/h3-4,6H,5,11H2,1-2H3. The molecule has 0 aliphatic rings. The van der Waals surface area contributed by atoms with E-state index in [0.29, 0.717) is 6.54 Å². The van der Waals surface area contributed by atoms with Gasteiger partial charge >= 0.3 is 0 Å². The Labute approximate surface area is 82.3 Å². The van der Waals surface area contributed by atoms with Gasteiger partial charge in [0.2, 0.25) is 0 Å². The minimum atomic E-state index is 0.427. The maximum Gasteiger partial charge on any atom is 0.137 e. The van der Waals surface area contributed by atoms with E-state index in [-0.39, 0.29) is 0 Å². The second-order valence-corrected chi connectivity index (χ2v) is 3.28. The second kappa shape index (κ2) is 3.31. The Kier molecular flexibility index (Phi) is 2.13. The monoisotopic (exact) mass is 191 g/mol. The highest BCUT2D eigenvalue weighted by Crippen LogP contribution is 2.24. The summed E-state index contributed by atoms with van der Waals surface area (Å²) in [7, 11) is 1.87. The molecule has 0 aliphatic carbocycles. The van der Waals surface area contributed by atoms with Gasteiger partial charge in [0.05, 0.1) is 11.3 Å². The Hall–Kier alpha value is -1.55. The van der Waals surface area contributed by atoms with Crippen LogP contribution in [0.3, 0.4) is 0 Å². The van der Waals surface area contributed by atoms with Gasteiger partial charge in [-0.1, -0.05) is 0 Å². The lowest BCUT2D eigenvalue weighted by Gasteiger charge is -1.94. The Balaban J connectivity index is 2.49. The van der Waals surface area contributed by atoms with Crippen molar-refractivity contribution < 1.29 is 4.42 Å². The van der Waals surface area contributed by atoms with Crippen LogP contribution in [0.1, 0.15) is 11.5 Å². The lowest BCUT2D eigenvalue weighted by Crippen LogP contribution is -1.99. The second-order valence-electron chi connectivity index (χ2n) is 3.28. The van der Waals surface area contributed by atoms with E-state index in [1.807, 2.05) is 32.3 Å². The Morgan fingerprint density at radius 1 is 1.50 bits per heavy atom. The number of nitrogens with zero attached hydrogens (tertiary/aromatic N) is 2. The molecule has 0 atom stereocenters. The summed E-state index contributed by atoms with van der Waals surface area (Å²) in [6.45, 7) is 2.35. The first-order chi connectivity index (χ1) is 6.70. The Morgan fingerprint density at radius 2 is 2.29 bits per heavy atom. The molecule has 0 aromatic carbocycles. The number of nitrogens with two attached hydrogens (primary N) is 1. The molecule has 4 nitrogen and oxygen atoms in total. The average molecular weight is 191 g/mol. The van der Waals surface area contributed by atoms with Crippen LogP contribution in [0.4, 0.5) is 0 Å². The van der Waals surface area contributed by atoms with Gasteiger partial charge < -0.3 is 10.2 Å². The number of aryl methyl sites for hydroxylation is 2. The van der Waals surface area contributed by atoms with Gasteiger partial charge in [0.15, 0.2) is 0 Å². The molecule has 2 heterocycles. The number of hydrogen-bond donors (Lipinski definition) is 1. The predicted octanol–water partition coefficient (Wildman–Crippen LogP) is 1.45. The number of hydrogen-bond acceptors (Lipinski definition) is 3. The van der Waals surface area contributed by atoms with Gasteiger partial charge in [-0.25, -0.2) is 0 Å². The maximum absolute atomic E-state index is 5.59. The van der Waals surface area contributed by atoms with Crippen LogP contribution in [0.25, 0.3) is 11.3 Å². The van der Waals surface area contributed by atoms with Crippen LogP contribution < -0.4 is 5.73 Å². The largest absolute Gasteiger partial charge is 0.461 e. The summed E-state index contributed by atoms with van der Waals surface area (Å²) >= 11 is 0. The molecule has 2 N–H and O–H groups in total. The van der Waals surface area contributed by atoms with E-state index in [1.165, 1.54) is 0 Å². The van der Waals surface area contributed by atoms with Crippen molar-refractivity contribution in [3.63, 3.8) is 0 Å². The predicted molar refractivity (Wildman–Crippen MR) is 53.5 cm³/mol. The van der Waals surface area contributed by atoms with Crippen molar-refractivity contribution in [3.05, 3.63) is 29.8 Å². The normalized spacial score (nSPS) is 10.8.